The molecule has 11 heteroatoms. The molecule has 1 aromatic heterocycles. The van der Waals surface area contributed by atoms with Crippen molar-refractivity contribution in [3.8, 4) is 0 Å². The third-order valence-electron chi connectivity index (χ3n) is 8.15. The molecule has 2 saturated heterocycles. The van der Waals surface area contributed by atoms with Gasteiger partial charge in [-0.15, -0.1) is 6.58 Å². The van der Waals surface area contributed by atoms with Gasteiger partial charge in [-0.25, -0.2) is 4.79 Å². The third-order valence-corrected chi connectivity index (χ3v) is 8.15. The number of methoxy groups -OCH3 is 1. The molecule has 2 aromatic rings. The number of aliphatic hydroxyl groups excluding tert-OH is 5. The second-order valence-electron chi connectivity index (χ2n) is 10.0. The number of ether oxygens (including phenoxy) is 3. The largest absolute Gasteiger partial charge is 0.515 e. The average molecular weight is 531 g/mol. The van der Waals surface area contributed by atoms with E-state index in [1.807, 2.05) is 18.2 Å². The minimum atomic E-state index is -1.60. The molecule has 0 radical (unpaired) electrons. The van der Waals surface area contributed by atoms with Crippen LogP contribution in [0.1, 0.15) is 23.7 Å². The van der Waals surface area contributed by atoms with Crippen LogP contribution in [-0.2, 0) is 25.4 Å². The van der Waals surface area contributed by atoms with Crippen LogP contribution in [0, 0.1) is 11.8 Å². The van der Waals surface area contributed by atoms with Crippen LogP contribution in [0.5, 0.6) is 0 Å². The molecule has 38 heavy (non-hydrogen) atoms. The summed E-state index contributed by atoms with van der Waals surface area (Å²) < 4.78 is 16.9. The number of rotatable bonds is 6. The van der Waals surface area contributed by atoms with Gasteiger partial charge in [-0.1, -0.05) is 24.3 Å². The van der Waals surface area contributed by atoms with Crippen molar-refractivity contribution in [2.45, 2.75) is 55.8 Å². The molecule has 1 unspecified atom stereocenters. The summed E-state index contributed by atoms with van der Waals surface area (Å²) in [6, 6.07) is 7.73. The Labute approximate surface area is 219 Å². The number of nitrogens with zero attached hydrogens (tertiary/aromatic N) is 1. The molecule has 1 aromatic carbocycles. The predicted molar refractivity (Wildman–Crippen MR) is 135 cm³/mol. The predicted octanol–water partition coefficient (Wildman–Crippen LogP) is 0.647. The van der Waals surface area contributed by atoms with Gasteiger partial charge in [0.05, 0.1) is 31.6 Å². The first-order chi connectivity index (χ1) is 18.3. The lowest BCUT2D eigenvalue weighted by Crippen LogP contribution is -2.62. The number of piperidine rings is 1. The highest BCUT2D eigenvalue weighted by molar-refractivity contribution is 5.89. The number of fused-ring (bicyclic) bond motifs is 5. The van der Waals surface area contributed by atoms with E-state index in [1.54, 1.807) is 6.08 Å². The van der Waals surface area contributed by atoms with Crippen LogP contribution in [0.2, 0.25) is 0 Å². The molecule has 0 amide bonds. The normalized spacial score (nSPS) is 35.9. The average Bonchev–Trinajstić information content (AvgIpc) is 3.32. The van der Waals surface area contributed by atoms with Crippen molar-refractivity contribution in [2.24, 2.45) is 11.8 Å². The maximum absolute atomic E-state index is 12.7. The van der Waals surface area contributed by atoms with Crippen LogP contribution >= 0.6 is 0 Å². The van der Waals surface area contributed by atoms with E-state index < -0.39 is 61.3 Å². The Kier molecular flexibility index (Phi) is 7.60. The standard InChI is InChI=1S/C27H34N2O9/c1-3-13-16(17(11-30)26(35)36-2)10-19-21-15(14-6-4-5-7-18(14)28-21)8-9-29(19)25(13)38-27-24(34)23(33)22(32)20(12-31)37-27/h3-7,11,13,16,19-20,22-25,27-28,30-34H,1,8-10,12H2,2H3/b17-11-/t13-,16-,19?,20-,22-,23+,24-,25-,27+/m0/s1. The fourth-order valence-electron chi connectivity index (χ4n) is 6.23. The molecule has 0 spiro atoms. The van der Waals surface area contributed by atoms with Crippen LogP contribution < -0.4 is 0 Å². The highest BCUT2D eigenvalue weighted by atomic mass is 16.7. The maximum atomic E-state index is 12.7. The number of hydrogen-bond acceptors (Lipinski definition) is 10. The molecule has 3 aliphatic heterocycles. The Morgan fingerprint density at radius 2 is 2.00 bits per heavy atom. The van der Waals surface area contributed by atoms with Crippen LogP contribution in [0.3, 0.4) is 0 Å². The Morgan fingerprint density at radius 1 is 1.24 bits per heavy atom. The lowest BCUT2D eigenvalue weighted by Gasteiger charge is -2.52. The fourth-order valence-corrected chi connectivity index (χ4v) is 6.23. The van der Waals surface area contributed by atoms with Gasteiger partial charge in [0.25, 0.3) is 0 Å². The Morgan fingerprint density at radius 3 is 2.68 bits per heavy atom. The maximum Gasteiger partial charge on any atom is 0.337 e. The molecule has 6 N–H and O–H groups in total. The van der Waals surface area contributed by atoms with E-state index in [9.17, 15) is 30.3 Å². The number of benzene rings is 1. The molecule has 206 valence electrons. The molecular formula is C27H34N2O9. The van der Waals surface area contributed by atoms with E-state index in [2.05, 4.69) is 22.5 Å². The fraction of sp³-hybridized carbons (Fsp3) is 0.519. The Hall–Kier alpha value is -2.77. The van der Waals surface area contributed by atoms with Crippen molar-refractivity contribution in [3.05, 3.63) is 60.0 Å². The number of H-pyrrole nitrogens is 1. The van der Waals surface area contributed by atoms with Crippen LogP contribution in [0.25, 0.3) is 10.9 Å². The van der Waals surface area contributed by atoms with Crippen molar-refractivity contribution >= 4 is 16.9 Å². The van der Waals surface area contributed by atoms with Gasteiger partial charge in [-0.3, -0.25) is 4.90 Å². The second-order valence-corrected chi connectivity index (χ2v) is 10.0. The molecule has 0 saturated carbocycles. The third kappa shape index (κ3) is 4.34. The first kappa shape index (κ1) is 26.8. The lowest BCUT2D eigenvalue weighted by atomic mass is 9.74. The smallest absolute Gasteiger partial charge is 0.337 e. The number of nitrogens with one attached hydrogen (secondary N) is 1. The van der Waals surface area contributed by atoms with E-state index in [4.69, 9.17) is 14.2 Å². The zero-order valence-corrected chi connectivity index (χ0v) is 21.0. The van der Waals surface area contributed by atoms with Gasteiger partial charge in [-0.2, -0.15) is 0 Å². The zero-order valence-electron chi connectivity index (χ0n) is 21.0. The van der Waals surface area contributed by atoms with Crippen LogP contribution in [0.4, 0.5) is 0 Å². The van der Waals surface area contributed by atoms with E-state index >= 15 is 0 Å². The van der Waals surface area contributed by atoms with Crippen LogP contribution in [0.15, 0.2) is 48.8 Å². The summed E-state index contributed by atoms with van der Waals surface area (Å²) in [5.41, 5.74) is 3.17. The number of aromatic amines is 1. The van der Waals surface area contributed by atoms with Gasteiger partial charge >= 0.3 is 5.97 Å². The summed E-state index contributed by atoms with van der Waals surface area (Å²) in [6.07, 6.45) is -4.54. The molecule has 3 aliphatic rings. The molecule has 5 rings (SSSR count). The highest BCUT2D eigenvalue weighted by Gasteiger charge is 2.51. The summed E-state index contributed by atoms with van der Waals surface area (Å²) in [5.74, 6) is -1.81. The van der Waals surface area contributed by atoms with Gasteiger partial charge in [0.2, 0.25) is 0 Å². The van der Waals surface area contributed by atoms with E-state index in [0.29, 0.717) is 19.4 Å². The Bertz CT molecular complexity index is 1210. The second kappa shape index (κ2) is 10.8. The molecule has 2 fully saturated rings. The van der Waals surface area contributed by atoms with Gasteiger partial charge < -0.3 is 44.7 Å². The number of aromatic nitrogens is 1. The Balaban J connectivity index is 1.56. The number of para-hydroxylation sites is 1. The number of carbonyl (C=O) groups excluding carboxylic acids is 1. The summed E-state index contributed by atoms with van der Waals surface area (Å²) in [6.45, 7) is 3.95. The zero-order chi connectivity index (χ0) is 27.1. The molecule has 0 bridgehead atoms. The van der Waals surface area contributed by atoms with Gasteiger partial charge in [0.1, 0.15) is 30.6 Å². The van der Waals surface area contributed by atoms with E-state index in [0.717, 1.165) is 28.4 Å². The van der Waals surface area contributed by atoms with Crippen molar-refractivity contribution < 1.29 is 44.5 Å². The molecule has 11 nitrogen and oxygen atoms in total. The summed E-state index contributed by atoms with van der Waals surface area (Å²) in [4.78, 5) is 18.3. The number of esters is 1. The minimum Gasteiger partial charge on any atom is -0.515 e. The summed E-state index contributed by atoms with van der Waals surface area (Å²) >= 11 is 0. The molecule has 9 atom stereocenters. The molecule has 0 aliphatic carbocycles. The minimum absolute atomic E-state index is 0.0580. The summed E-state index contributed by atoms with van der Waals surface area (Å²) in [7, 11) is 1.24. The SMILES string of the molecule is C=C[C@H]1[C@@H](/C(=C/O)C(=O)OC)CC2c3[nH]c4ccccc4c3CCN2[C@H]1O[C@H]1O[C@@H](CO)[C@H](O)[C@@H](O)[C@@H]1O. The number of hydrogen-bond donors (Lipinski definition) is 6. The summed E-state index contributed by atoms with van der Waals surface area (Å²) in [5, 5.41) is 52.1. The van der Waals surface area contributed by atoms with Crippen LogP contribution in [-0.4, -0.2) is 98.6 Å². The van der Waals surface area contributed by atoms with Crippen molar-refractivity contribution in [3.63, 3.8) is 0 Å². The molecule has 4 heterocycles. The topological polar surface area (TPSA) is 165 Å². The first-order valence-corrected chi connectivity index (χ1v) is 12.7. The highest BCUT2D eigenvalue weighted by Crippen LogP contribution is 2.49. The van der Waals surface area contributed by atoms with Crippen molar-refractivity contribution in [1.82, 2.24) is 9.88 Å². The first-order valence-electron chi connectivity index (χ1n) is 12.7. The molecular weight excluding hydrogens is 496 g/mol. The number of carbonyl (C=O) groups is 1. The van der Waals surface area contributed by atoms with Gasteiger partial charge in [-0.05, 0) is 24.5 Å². The van der Waals surface area contributed by atoms with Gasteiger partial charge in [0, 0.05) is 35.0 Å². The monoisotopic (exact) mass is 530 g/mol. The quantitative estimate of drug-likeness (QED) is 0.135. The lowest BCUT2D eigenvalue weighted by molar-refractivity contribution is -0.333. The number of aliphatic hydroxyl groups is 5. The van der Waals surface area contributed by atoms with E-state index in [1.165, 1.54) is 7.11 Å². The van der Waals surface area contributed by atoms with Crippen molar-refractivity contribution in [2.75, 3.05) is 20.3 Å². The van der Waals surface area contributed by atoms with Crippen molar-refractivity contribution in [1.29, 1.82) is 0 Å². The van der Waals surface area contributed by atoms with Gasteiger partial charge in [0.15, 0.2) is 6.29 Å². The van der Waals surface area contributed by atoms with E-state index in [-0.39, 0.29) is 11.6 Å².